The lowest BCUT2D eigenvalue weighted by atomic mass is 9.93. The van der Waals surface area contributed by atoms with Gasteiger partial charge in [-0.3, -0.25) is 0 Å². The Bertz CT molecular complexity index is 719. The summed E-state index contributed by atoms with van der Waals surface area (Å²) in [6.07, 6.45) is -1.58. The first-order valence-electron chi connectivity index (χ1n) is 7.15. The first kappa shape index (κ1) is 14.6. The molecule has 0 saturated carbocycles. The van der Waals surface area contributed by atoms with Gasteiger partial charge >= 0.3 is 5.97 Å². The number of hydrogen-bond donors (Lipinski definition) is 1. The van der Waals surface area contributed by atoms with E-state index >= 15 is 0 Å². The van der Waals surface area contributed by atoms with Crippen LogP contribution < -0.4 is 4.74 Å². The maximum atomic E-state index is 12.1. The van der Waals surface area contributed by atoms with Crippen molar-refractivity contribution in [1.82, 2.24) is 0 Å². The molecule has 0 saturated heterocycles. The molecule has 0 bridgehead atoms. The van der Waals surface area contributed by atoms with Crippen LogP contribution in [0.25, 0.3) is 0 Å². The number of fused-ring (bicyclic) bond motifs is 1. The zero-order valence-electron chi connectivity index (χ0n) is 12.8. The molecule has 0 amide bonds. The van der Waals surface area contributed by atoms with E-state index in [0.29, 0.717) is 16.9 Å². The molecule has 3 rings (SSSR count). The van der Waals surface area contributed by atoms with Crippen molar-refractivity contribution < 1.29 is 19.4 Å². The van der Waals surface area contributed by atoms with Crippen LogP contribution in [0.15, 0.2) is 36.4 Å². The summed E-state index contributed by atoms with van der Waals surface area (Å²) >= 11 is 0. The van der Waals surface area contributed by atoms with Crippen LogP contribution in [0.1, 0.15) is 44.8 Å². The van der Waals surface area contributed by atoms with Crippen LogP contribution in [0.2, 0.25) is 0 Å². The zero-order valence-corrected chi connectivity index (χ0v) is 12.8. The number of rotatable bonds is 3. The van der Waals surface area contributed by atoms with Gasteiger partial charge < -0.3 is 14.6 Å². The second-order valence-electron chi connectivity index (χ2n) is 5.59. The smallest absolute Gasteiger partial charge is 0.339 e. The Morgan fingerprint density at radius 3 is 2.50 bits per heavy atom. The Hall–Kier alpha value is -2.33. The lowest BCUT2D eigenvalue weighted by Gasteiger charge is -2.19. The molecule has 2 aromatic carbocycles. The monoisotopic (exact) mass is 298 g/mol. The third-order valence-electron chi connectivity index (χ3n) is 4.00. The molecule has 1 N–H and O–H groups in total. The van der Waals surface area contributed by atoms with Crippen molar-refractivity contribution in [3.05, 3.63) is 64.2 Å². The van der Waals surface area contributed by atoms with Crippen LogP contribution in [0.4, 0.5) is 0 Å². The third-order valence-corrected chi connectivity index (χ3v) is 4.00. The van der Waals surface area contributed by atoms with Gasteiger partial charge in [-0.05, 0) is 37.1 Å². The van der Waals surface area contributed by atoms with Gasteiger partial charge in [0.2, 0.25) is 0 Å². The van der Waals surface area contributed by atoms with E-state index in [0.717, 1.165) is 16.7 Å². The number of carbonyl (C=O) groups excluding carboxylic acids is 1. The van der Waals surface area contributed by atoms with Gasteiger partial charge in [0.1, 0.15) is 11.9 Å². The van der Waals surface area contributed by atoms with Crippen LogP contribution in [0.3, 0.4) is 0 Å². The summed E-state index contributed by atoms with van der Waals surface area (Å²) in [6, 6.07) is 11.0. The molecule has 22 heavy (non-hydrogen) atoms. The molecule has 1 aliphatic rings. The molecule has 0 aromatic heterocycles. The van der Waals surface area contributed by atoms with Crippen LogP contribution in [0, 0.1) is 13.8 Å². The number of aliphatic hydroxyl groups is 1. The van der Waals surface area contributed by atoms with E-state index in [2.05, 4.69) is 0 Å². The number of carbonyl (C=O) groups is 1. The second kappa shape index (κ2) is 5.46. The minimum Gasteiger partial charge on any atom is -0.497 e. The number of ether oxygens (including phenoxy) is 2. The minimum absolute atomic E-state index is 0.370. The van der Waals surface area contributed by atoms with Crippen LogP contribution in [-0.2, 0) is 4.74 Å². The molecule has 0 fully saturated rings. The van der Waals surface area contributed by atoms with Crippen molar-refractivity contribution in [2.45, 2.75) is 26.1 Å². The molecular weight excluding hydrogens is 280 g/mol. The molecule has 0 spiro atoms. The molecule has 4 heteroatoms. The molecule has 2 aromatic rings. The Morgan fingerprint density at radius 1 is 1.18 bits per heavy atom. The number of cyclic esters (lactones) is 1. The topological polar surface area (TPSA) is 55.8 Å². The van der Waals surface area contributed by atoms with Crippen LogP contribution in [0.5, 0.6) is 5.75 Å². The van der Waals surface area contributed by atoms with Crippen molar-refractivity contribution in [2.24, 2.45) is 0 Å². The van der Waals surface area contributed by atoms with Gasteiger partial charge in [-0.1, -0.05) is 29.8 Å². The summed E-state index contributed by atoms with van der Waals surface area (Å²) < 4.78 is 10.5. The molecule has 0 radical (unpaired) electrons. The Balaban J connectivity index is 1.98. The van der Waals surface area contributed by atoms with E-state index < -0.39 is 12.2 Å². The second-order valence-corrected chi connectivity index (χ2v) is 5.59. The van der Waals surface area contributed by atoms with E-state index in [1.807, 2.05) is 26.0 Å². The van der Waals surface area contributed by atoms with E-state index in [1.54, 1.807) is 31.4 Å². The first-order chi connectivity index (χ1) is 10.5. The van der Waals surface area contributed by atoms with Gasteiger partial charge in [-0.15, -0.1) is 0 Å². The van der Waals surface area contributed by atoms with E-state index in [9.17, 15) is 9.90 Å². The van der Waals surface area contributed by atoms with Gasteiger partial charge in [0.15, 0.2) is 6.10 Å². The molecule has 4 nitrogen and oxygen atoms in total. The number of hydrogen-bond acceptors (Lipinski definition) is 4. The number of aliphatic hydroxyl groups excluding tert-OH is 1. The fraction of sp³-hybridized carbons (Fsp3) is 0.278. The number of methoxy groups -OCH3 is 1. The standard InChI is InChI=1S/C18H18O4/c1-10-8-11(2)15-14(9-10)17(22-18(15)20)16(19)12-4-6-13(21-3)7-5-12/h4-9,16-17,19H,1-3H3. The zero-order chi connectivity index (χ0) is 15.9. The maximum absolute atomic E-state index is 12.1. The summed E-state index contributed by atoms with van der Waals surface area (Å²) in [5, 5.41) is 10.6. The average Bonchev–Trinajstić information content (AvgIpc) is 2.83. The minimum atomic E-state index is -0.905. The van der Waals surface area contributed by atoms with Gasteiger partial charge in [-0.2, -0.15) is 0 Å². The summed E-state index contributed by atoms with van der Waals surface area (Å²) in [7, 11) is 1.59. The normalized spacial score (nSPS) is 17.8. The fourth-order valence-corrected chi connectivity index (χ4v) is 2.95. The van der Waals surface area contributed by atoms with E-state index in [-0.39, 0.29) is 5.97 Å². The van der Waals surface area contributed by atoms with Gasteiger partial charge in [0.25, 0.3) is 0 Å². The van der Waals surface area contributed by atoms with Crippen molar-refractivity contribution in [2.75, 3.05) is 7.11 Å². The molecule has 2 unspecified atom stereocenters. The van der Waals surface area contributed by atoms with Gasteiger partial charge in [-0.25, -0.2) is 4.79 Å². The molecule has 0 aliphatic carbocycles. The van der Waals surface area contributed by atoms with E-state index in [4.69, 9.17) is 9.47 Å². The quantitative estimate of drug-likeness (QED) is 0.884. The molecule has 114 valence electrons. The molecule has 1 aliphatic heterocycles. The molecule has 1 heterocycles. The highest BCUT2D eigenvalue weighted by molar-refractivity contribution is 5.95. The Labute approximate surface area is 129 Å². The number of benzene rings is 2. The highest BCUT2D eigenvalue weighted by Gasteiger charge is 2.37. The predicted molar refractivity (Wildman–Crippen MR) is 82.0 cm³/mol. The van der Waals surface area contributed by atoms with Crippen molar-refractivity contribution >= 4 is 5.97 Å². The maximum Gasteiger partial charge on any atom is 0.339 e. The molecular formula is C18H18O4. The Kier molecular flexibility index (Phi) is 3.62. The summed E-state index contributed by atoms with van der Waals surface area (Å²) in [5.74, 6) is 0.344. The largest absolute Gasteiger partial charge is 0.497 e. The number of aryl methyl sites for hydroxylation is 2. The molecule has 2 atom stereocenters. The number of esters is 1. The van der Waals surface area contributed by atoms with Crippen molar-refractivity contribution in [3.63, 3.8) is 0 Å². The predicted octanol–water partition coefficient (Wildman–Crippen LogP) is 3.26. The SMILES string of the molecule is COc1ccc(C(O)C2OC(=O)c3c(C)cc(C)cc32)cc1. The van der Waals surface area contributed by atoms with Crippen molar-refractivity contribution in [1.29, 1.82) is 0 Å². The fourth-order valence-electron chi connectivity index (χ4n) is 2.95. The third kappa shape index (κ3) is 2.35. The summed E-state index contributed by atoms with van der Waals surface area (Å²) in [4.78, 5) is 12.1. The van der Waals surface area contributed by atoms with E-state index in [1.165, 1.54) is 0 Å². The van der Waals surface area contributed by atoms with Crippen LogP contribution >= 0.6 is 0 Å². The summed E-state index contributed by atoms with van der Waals surface area (Å²) in [6.45, 7) is 3.85. The van der Waals surface area contributed by atoms with Gasteiger partial charge in [0.05, 0.1) is 12.7 Å². The highest BCUT2D eigenvalue weighted by Crippen LogP contribution is 2.41. The first-order valence-corrected chi connectivity index (χ1v) is 7.15. The van der Waals surface area contributed by atoms with Crippen LogP contribution in [-0.4, -0.2) is 18.2 Å². The van der Waals surface area contributed by atoms with Crippen molar-refractivity contribution in [3.8, 4) is 5.75 Å². The lowest BCUT2D eigenvalue weighted by Crippen LogP contribution is -2.11. The average molecular weight is 298 g/mol. The Morgan fingerprint density at radius 2 is 1.86 bits per heavy atom. The highest BCUT2D eigenvalue weighted by atomic mass is 16.6. The lowest BCUT2D eigenvalue weighted by molar-refractivity contribution is -0.0103. The van der Waals surface area contributed by atoms with Gasteiger partial charge in [0, 0.05) is 5.56 Å². The summed E-state index contributed by atoms with van der Waals surface area (Å²) in [5.41, 5.74) is 3.94.